The van der Waals surface area contributed by atoms with Crippen LogP contribution in [-0.2, 0) is 4.79 Å². The molecule has 4 atom stereocenters. The van der Waals surface area contributed by atoms with Gasteiger partial charge in [0.2, 0.25) is 0 Å². The molecule has 2 saturated carbocycles. The van der Waals surface area contributed by atoms with Crippen LogP contribution in [0.1, 0.15) is 58.8 Å². The Morgan fingerprint density at radius 3 is 2.56 bits per heavy atom. The number of nitrogens with zero attached hydrogens (tertiary/aromatic N) is 1. The van der Waals surface area contributed by atoms with Gasteiger partial charge in [0.15, 0.2) is 0 Å². The highest BCUT2D eigenvalue weighted by Crippen LogP contribution is 2.30. The number of rotatable bonds is 3. The molecule has 0 spiro atoms. The first-order valence-corrected chi connectivity index (χ1v) is 7.79. The van der Waals surface area contributed by atoms with Crippen molar-refractivity contribution in [3.8, 4) is 0 Å². The highest BCUT2D eigenvalue weighted by Gasteiger charge is 2.30. The van der Waals surface area contributed by atoms with Gasteiger partial charge in [0.1, 0.15) is 5.78 Å². The largest absolute Gasteiger partial charge is 0.303 e. The van der Waals surface area contributed by atoms with Crippen molar-refractivity contribution in [1.29, 1.82) is 0 Å². The minimum Gasteiger partial charge on any atom is -0.303 e. The molecule has 0 amide bonds. The predicted molar refractivity (Wildman–Crippen MR) is 75.6 cm³/mol. The number of Topliss-reactive ketones (excluding diaryl/α,β-unsaturated/α-hetero) is 1. The van der Waals surface area contributed by atoms with Gasteiger partial charge < -0.3 is 4.90 Å². The van der Waals surface area contributed by atoms with Crippen LogP contribution in [0.3, 0.4) is 0 Å². The second-order valence-corrected chi connectivity index (χ2v) is 6.91. The molecule has 2 fully saturated rings. The maximum atomic E-state index is 12.0. The molecular formula is C16H29NO. The van der Waals surface area contributed by atoms with Crippen LogP contribution in [0.2, 0.25) is 0 Å². The summed E-state index contributed by atoms with van der Waals surface area (Å²) in [6.45, 7) is 5.66. The summed E-state index contributed by atoms with van der Waals surface area (Å²) >= 11 is 0. The molecule has 2 nitrogen and oxygen atoms in total. The molecule has 0 aliphatic heterocycles. The van der Waals surface area contributed by atoms with Gasteiger partial charge in [0.05, 0.1) is 0 Å². The van der Waals surface area contributed by atoms with E-state index in [2.05, 4.69) is 25.8 Å². The van der Waals surface area contributed by atoms with Crippen LogP contribution in [0.15, 0.2) is 0 Å². The van der Waals surface area contributed by atoms with E-state index in [0.717, 1.165) is 43.7 Å². The first-order chi connectivity index (χ1) is 8.56. The standard InChI is InChI=1S/C16H29NO/c1-12-5-4-6-15(10-12)17(3)11-14-9-13(2)7-8-16(14)18/h12-15H,4-11H2,1-3H3. The third kappa shape index (κ3) is 3.57. The molecule has 0 bridgehead atoms. The van der Waals surface area contributed by atoms with Crippen LogP contribution in [0.5, 0.6) is 0 Å². The molecule has 2 aliphatic rings. The summed E-state index contributed by atoms with van der Waals surface area (Å²) in [5.41, 5.74) is 0. The Kier molecular flexibility index (Phi) is 4.83. The maximum Gasteiger partial charge on any atom is 0.137 e. The van der Waals surface area contributed by atoms with E-state index in [1.165, 1.54) is 25.7 Å². The van der Waals surface area contributed by atoms with Gasteiger partial charge in [0.25, 0.3) is 0 Å². The van der Waals surface area contributed by atoms with Crippen molar-refractivity contribution < 1.29 is 4.79 Å². The first kappa shape index (κ1) is 14.0. The van der Waals surface area contributed by atoms with Gasteiger partial charge in [-0.05, 0) is 44.6 Å². The predicted octanol–water partition coefficient (Wildman–Crippen LogP) is 3.50. The average molecular weight is 251 g/mol. The van der Waals surface area contributed by atoms with Gasteiger partial charge in [0, 0.05) is 24.9 Å². The van der Waals surface area contributed by atoms with Crippen LogP contribution in [0, 0.1) is 17.8 Å². The second-order valence-electron chi connectivity index (χ2n) is 6.91. The minimum atomic E-state index is 0.316. The Labute approximate surface area is 112 Å². The molecule has 18 heavy (non-hydrogen) atoms. The number of carbonyl (C=O) groups is 1. The topological polar surface area (TPSA) is 20.3 Å². The van der Waals surface area contributed by atoms with Crippen LogP contribution < -0.4 is 0 Å². The maximum absolute atomic E-state index is 12.0. The minimum absolute atomic E-state index is 0.316. The molecule has 0 N–H and O–H groups in total. The van der Waals surface area contributed by atoms with E-state index < -0.39 is 0 Å². The van der Waals surface area contributed by atoms with Crippen LogP contribution >= 0.6 is 0 Å². The van der Waals surface area contributed by atoms with E-state index in [0.29, 0.717) is 11.7 Å². The summed E-state index contributed by atoms with van der Waals surface area (Å²) in [5, 5.41) is 0. The molecular weight excluding hydrogens is 222 g/mol. The van der Waals surface area contributed by atoms with E-state index in [9.17, 15) is 4.79 Å². The highest BCUT2D eigenvalue weighted by atomic mass is 16.1. The molecule has 104 valence electrons. The number of ketones is 1. The lowest BCUT2D eigenvalue weighted by Gasteiger charge is -2.37. The van der Waals surface area contributed by atoms with Crippen LogP contribution in [0.4, 0.5) is 0 Å². The van der Waals surface area contributed by atoms with Crippen molar-refractivity contribution in [3.63, 3.8) is 0 Å². The molecule has 2 heteroatoms. The third-order valence-corrected chi connectivity index (χ3v) is 5.07. The van der Waals surface area contributed by atoms with Crippen molar-refractivity contribution in [2.24, 2.45) is 17.8 Å². The smallest absolute Gasteiger partial charge is 0.137 e. The fraction of sp³-hybridized carbons (Fsp3) is 0.938. The second kappa shape index (κ2) is 6.18. The molecule has 0 aromatic rings. The summed E-state index contributed by atoms with van der Waals surface area (Å²) in [5.74, 6) is 2.44. The van der Waals surface area contributed by atoms with Crippen molar-refractivity contribution >= 4 is 5.78 Å². The molecule has 0 saturated heterocycles. The number of hydrogen-bond acceptors (Lipinski definition) is 2. The first-order valence-electron chi connectivity index (χ1n) is 7.79. The zero-order valence-electron chi connectivity index (χ0n) is 12.3. The summed E-state index contributed by atoms with van der Waals surface area (Å²) in [6, 6.07) is 0.721. The van der Waals surface area contributed by atoms with Crippen molar-refractivity contribution in [1.82, 2.24) is 4.90 Å². The fourth-order valence-electron chi connectivity index (χ4n) is 3.80. The summed E-state index contributed by atoms with van der Waals surface area (Å²) < 4.78 is 0. The lowest BCUT2D eigenvalue weighted by Crippen LogP contribution is -2.41. The van der Waals surface area contributed by atoms with E-state index in [4.69, 9.17) is 0 Å². The monoisotopic (exact) mass is 251 g/mol. The number of carbonyl (C=O) groups excluding carboxylic acids is 1. The van der Waals surface area contributed by atoms with Gasteiger partial charge >= 0.3 is 0 Å². The lowest BCUT2D eigenvalue weighted by atomic mass is 9.80. The van der Waals surface area contributed by atoms with Crippen molar-refractivity contribution in [3.05, 3.63) is 0 Å². The molecule has 4 unspecified atom stereocenters. The summed E-state index contributed by atoms with van der Waals surface area (Å²) in [6.07, 6.45) is 8.46. The zero-order valence-corrected chi connectivity index (χ0v) is 12.3. The average Bonchev–Trinajstić information content (AvgIpc) is 2.34. The molecule has 2 rings (SSSR count). The van der Waals surface area contributed by atoms with Gasteiger partial charge in [-0.25, -0.2) is 0 Å². The van der Waals surface area contributed by atoms with E-state index in [-0.39, 0.29) is 0 Å². The Bertz CT molecular complexity index is 289. The van der Waals surface area contributed by atoms with Gasteiger partial charge in [-0.15, -0.1) is 0 Å². The molecule has 2 aliphatic carbocycles. The zero-order chi connectivity index (χ0) is 13.1. The Morgan fingerprint density at radius 1 is 1.11 bits per heavy atom. The van der Waals surface area contributed by atoms with Crippen molar-refractivity contribution in [2.75, 3.05) is 13.6 Å². The Morgan fingerprint density at radius 2 is 1.83 bits per heavy atom. The quantitative estimate of drug-likeness (QED) is 0.765. The van der Waals surface area contributed by atoms with Gasteiger partial charge in [-0.1, -0.05) is 26.7 Å². The van der Waals surface area contributed by atoms with E-state index in [1.54, 1.807) is 0 Å². The molecule has 0 heterocycles. The fourth-order valence-corrected chi connectivity index (χ4v) is 3.80. The molecule has 0 radical (unpaired) electrons. The normalized spacial score (nSPS) is 38.1. The number of hydrogen-bond donors (Lipinski definition) is 0. The van der Waals surface area contributed by atoms with Gasteiger partial charge in [-0.2, -0.15) is 0 Å². The Balaban J connectivity index is 1.85. The third-order valence-electron chi connectivity index (χ3n) is 5.07. The Hall–Kier alpha value is -0.370. The SMILES string of the molecule is CC1CCC(=O)C(CN(C)C2CCCC(C)C2)C1. The van der Waals surface area contributed by atoms with Gasteiger partial charge in [-0.3, -0.25) is 4.79 Å². The molecule has 0 aromatic heterocycles. The van der Waals surface area contributed by atoms with Crippen LogP contribution in [0.25, 0.3) is 0 Å². The van der Waals surface area contributed by atoms with E-state index in [1.807, 2.05) is 0 Å². The van der Waals surface area contributed by atoms with Crippen molar-refractivity contribution in [2.45, 2.75) is 64.8 Å². The van der Waals surface area contributed by atoms with E-state index >= 15 is 0 Å². The summed E-state index contributed by atoms with van der Waals surface area (Å²) in [7, 11) is 2.23. The highest BCUT2D eigenvalue weighted by molar-refractivity contribution is 5.81. The van der Waals surface area contributed by atoms with Crippen LogP contribution in [-0.4, -0.2) is 30.3 Å². The lowest BCUT2D eigenvalue weighted by molar-refractivity contribution is -0.126. The summed E-state index contributed by atoms with van der Waals surface area (Å²) in [4.78, 5) is 14.5. The molecule has 0 aromatic carbocycles.